The van der Waals surface area contributed by atoms with Gasteiger partial charge in [0.15, 0.2) is 11.7 Å². The van der Waals surface area contributed by atoms with Gasteiger partial charge in [0.1, 0.15) is 0 Å². The molecule has 0 aliphatic heterocycles. The SMILES string of the molecule is Cc1nc(C)c(-c2ccc(NC(=O)c3ccccc3C)cc2)o1. The molecule has 1 aromatic heterocycles. The molecular formula is C19H18N2O2. The maximum atomic E-state index is 12.3. The normalized spacial score (nSPS) is 10.6. The number of anilines is 1. The molecule has 23 heavy (non-hydrogen) atoms. The second-order valence-corrected chi connectivity index (χ2v) is 5.49. The quantitative estimate of drug-likeness (QED) is 0.774. The van der Waals surface area contributed by atoms with Gasteiger partial charge in [0.05, 0.1) is 5.69 Å². The Labute approximate surface area is 135 Å². The number of aryl methyl sites for hydroxylation is 3. The molecule has 3 rings (SSSR count). The van der Waals surface area contributed by atoms with Crippen molar-refractivity contribution in [3.8, 4) is 11.3 Å². The van der Waals surface area contributed by atoms with Gasteiger partial charge in [0, 0.05) is 23.7 Å². The maximum Gasteiger partial charge on any atom is 0.255 e. The molecule has 116 valence electrons. The maximum absolute atomic E-state index is 12.3. The van der Waals surface area contributed by atoms with Crippen LogP contribution in [0.15, 0.2) is 52.9 Å². The Hall–Kier alpha value is -2.88. The summed E-state index contributed by atoms with van der Waals surface area (Å²) in [4.78, 5) is 16.6. The van der Waals surface area contributed by atoms with Gasteiger partial charge in [-0.1, -0.05) is 18.2 Å². The molecule has 0 saturated heterocycles. The lowest BCUT2D eigenvalue weighted by Crippen LogP contribution is -2.13. The fourth-order valence-electron chi connectivity index (χ4n) is 2.53. The number of hydrogen-bond donors (Lipinski definition) is 1. The van der Waals surface area contributed by atoms with Gasteiger partial charge >= 0.3 is 0 Å². The van der Waals surface area contributed by atoms with Gasteiger partial charge < -0.3 is 9.73 Å². The minimum absolute atomic E-state index is 0.109. The Morgan fingerprint density at radius 1 is 1.00 bits per heavy atom. The van der Waals surface area contributed by atoms with Crippen molar-refractivity contribution in [2.24, 2.45) is 0 Å². The molecular weight excluding hydrogens is 288 g/mol. The van der Waals surface area contributed by atoms with E-state index in [4.69, 9.17) is 4.42 Å². The fourth-order valence-corrected chi connectivity index (χ4v) is 2.53. The zero-order chi connectivity index (χ0) is 16.4. The van der Waals surface area contributed by atoms with E-state index in [0.29, 0.717) is 11.5 Å². The second-order valence-electron chi connectivity index (χ2n) is 5.49. The minimum atomic E-state index is -0.109. The molecule has 0 atom stereocenters. The molecule has 0 radical (unpaired) electrons. The number of carbonyl (C=O) groups is 1. The topological polar surface area (TPSA) is 55.1 Å². The third kappa shape index (κ3) is 3.16. The molecule has 4 nitrogen and oxygen atoms in total. The number of nitrogens with zero attached hydrogens (tertiary/aromatic N) is 1. The van der Waals surface area contributed by atoms with Crippen LogP contribution >= 0.6 is 0 Å². The van der Waals surface area contributed by atoms with Crippen LogP contribution in [-0.2, 0) is 0 Å². The van der Waals surface area contributed by atoms with Crippen LogP contribution in [0.25, 0.3) is 11.3 Å². The van der Waals surface area contributed by atoms with Crippen LogP contribution in [0.4, 0.5) is 5.69 Å². The van der Waals surface area contributed by atoms with E-state index in [0.717, 1.165) is 28.3 Å². The van der Waals surface area contributed by atoms with E-state index in [1.807, 2.05) is 69.3 Å². The van der Waals surface area contributed by atoms with Crippen LogP contribution in [0.1, 0.15) is 27.5 Å². The molecule has 4 heteroatoms. The lowest BCUT2D eigenvalue weighted by atomic mass is 10.1. The van der Waals surface area contributed by atoms with Crippen LogP contribution in [0, 0.1) is 20.8 Å². The summed E-state index contributed by atoms with van der Waals surface area (Å²) in [6.45, 7) is 5.67. The predicted octanol–water partition coefficient (Wildman–Crippen LogP) is 4.52. The molecule has 0 saturated carbocycles. The molecule has 2 aromatic carbocycles. The summed E-state index contributed by atoms with van der Waals surface area (Å²) in [5.41, 5.74) is 4.18. The number of nitrogens with one attached hydrogen (secondary N) is 1. The molecule has 1 amide bonds. The van der Waals surface area contributed by atoms with E-state index in [2.05, 4.69) is 10.3 Å². The van der Waals surface area contributed by atoms with Gasteiger partial charge in [0.25, 0.3) is 5.91 Å². The molecule has 0 fully saturated rings. The molecule has 0 unspecified atom stereocenters. The fraction of sp³-hybridized carbons (Fsp3) is 0.158. The summed E-state index contributed by atoms with van der Waals surface area (Å²) in [6, 6.07) is 15.1. The summed E-state index contributed by atoms with van der Waals surface area (Å²) < 4.78 is 5.61. The van der Waals surface area contributed by atoms with Crippen molar-refractivity contribution in [1.82, 2.24) is 4.98 Å². The van der Waals surface area contributed by atoms with Crippen LogP contribution in [-0.4, -0.2) is 10.9 Å². The number of oxazole rings is 1. The van der Waals surface area contributed by atoms with Gasteiger partial charge in [-0.3, -0.25) is 4.79 Å². The van der Waals surface area contributed by atoms with Gasteiger partial charge in [-0.2, -0.15) is 0 Å². The second kappa shape index (κ2) is 6.08. The molecule has 0 aliphatic carbocycles. The van der Waals surface area contributed by atoms with E-state index in [1.54, 1.807) is 0 Å². The third-order valence-corrected chi connectivity index (χ3v) is 3.70. The summed E-state index contributed by atoms with van der Waals surface area (Å²) >= 11 is 0. The first-order valence-corrected chi connectivity index (χ1v) is 7.46. The Kier molecular flexibility index (Phi) is 3.98. The zero-order valence-corrected chi connectivity index (χ0v) is 13.4. The molecule has 0 aliphatic rings. The Balaban J connectivity index is 1.79. The van der Waals surface area contributed by atoms with Gasteiger partial charge in [0.2, 0.25) is 0 Å². The number of hydrogen-bond acceptors (Lipinski definition) is 3. The molecule has 1 N–H and O–H groups in total. The van der Waals surface area contributed by atoms with Crippen molar-refractivity contribution in [2.75, 3.05) is 5.32 Å². The highest BCUT2D eigenvalue weighted by molar-refractivity contribution is 6.05. The number of rotatable bonds is 3. The molecule has 0 bridgehead atoms. The first kappa shape index (κ1) is 15.0. The van der Waals surface area contributed by atoms with E-state index in [1.165, 1.54) is 0 Å². The first-order valence-electron chi connectivity index (χ1n) is 7.46. The van der Waals surface area contributed by atoms with Crippen LogP contribution in [0.5, 0.6) is 0 Å². The van der Waals surface area contributed by atoms with Gasteiger partial charge in [-0.25, -0.2) is 4.98 Å². The smallest absolute Gasteiger partial charge is 0.255 e. The predicted molar refractivity (Wildman–Crippen MR) is 90.5 cm³/mol. The highest BCUT2D eigenvalue weighted by Crippen LogP contribution is 2.25. The lowest BCUT2D eigenvalue weighted by molar-refractivity contribution is 0.102. The summed E-state index contributed by atoms with van der Waals surface area (Å²) in [5, 5.41) is 2.91. The monoisotopic (exact) mass is 306 g/mol. The Morgan fingerprint density at radius 2 is 1.70 bits per heavy atom. The Morgan fingerprint density at radius 3 is 2.30 bits per heavy atom. The third-order valence-electron chi connectivity index (χ3n) is 3.70. The molecule has 1 heterocycles. The van der Waals surface area contributed by atoms with Crippen molar-refractivity contribution < 1.29 is 9.21 Å². The number of aromatic nitrogens is 1. The largest absolute Gasteiger partial charge is 0.441 e. The van der Waals surface area contributed by atoms with Crippen molar-refractivity contribution in [2.45, 2.75) is 20.8 Å². The number of carbonyl (C=O) groups excluding carboxylic acids is 1. The summed E-state index contributed by atoms with van der Waals surface area (Å²) in [5.74, 6) is 1.30. The highest BCUT2D eigenvalue weighted by Gasteiger charge is 2.11. The number of amides is 1. The van der Waals surface area contributed by atoms with E-state index in [-0.39, 0.29) is 5.91 Å². The minimum Gasteiger partial charge on any atom is -0.441 e. The zero-order valence-electron chi connectivity index (χ0n) is 13.4. The molecule has 0 spiro atoms. The standard InChI is InChI=1S/C19H18N2O2/c1-12-6-4-5-7-17(12)19(22)21-16-10-8-15(9-11-16)18-13(2)20-14(3)23-18/h4-11H,1-3H3,(H,21,22). The van der Waals surface area contributed by atoms with Crippen molar-refractivity contribution in [3.63, 3.8) is 0 Å². The Bertz CT molecular complexity index is 848. The average molecular weight is 306 g/mol. The number of benzene rings is 2. The molecule has 3 aromatic rings. The van der Waals surface area contributed by atoms with Crippen molar-refractivity contribution in [3.05, 3.63) is 71.2 Å². The van der Waals surface area contributed by atoms with Crippen LogP contribution in [0.2, 0.25) is 0 Å². The van der Waals surface area contributed by atoms with Crippen molar-refractivity contribution in [1.29, 1.82) is 0 Å². The first-order chi connectivity index (χ1) is 11.0. The average Bonchev–Trinajstić information content (AvgIpc) is 2.87. The van der Waals surface area contributed by atoms with Gasteiger partial charge in [-0.05, 0) is 49.7 Å². The summed E-state index contributed by atoms with van der Waals surface area (Å²) in [7, 11) is 0. The van der Waals surface area contributed by atoms with Gasteiger partial charge in [-0.15, -0.1) is 0 Å². The van der Waals surface area contributed by atoms with Crippen molar-refractivity contribution >= 4 is 11.6 Å². The van der Waals surface area contributed by atoms with E-state index < -0.39 is 0 Å². The van der Waals surface area contributed by atoms with E-state index in [9.17, 15) is 4.79 Å². The summed E-state index contributed by atoms with van der Waals surface area (Å²) in [6.07, 6.45) is 0. The highest BCUT2D eigenvalue weighted by atomic mass is 16.4. The lowest BCUT2D eigenvalue weighted by Gasteiger charge is -2.08. The van der Waals surface area contributed by atoms with E-state index >= 15 is 0 Å². The van der Waals surface area contributed by atoms with Crippen LogP contribution in [0.3, 0.4) is 0 Å². The van der Waals surface area contributed by atoms with Crippen LogP contribution < -0.4 is 5.32 Å².